The molecule has 24 heavy (non-hydrogen) atoms. The van der Waals surface area contributed by atoms with Crippen LogP contribution in [-0.4, -0.2) is 28.3 Å². The summed E-state index contributed by atoms with van der Waals surface area (Å²) in [5, 5.41) is 5.51. The van der Waals surface area contributed by atoms with Crippen molar-refractivity contribution in [2.45, 2.75) is 13.3 Å². The van der Waals surface area contributed by atoms with Crippen molar-refractivity contribution in [1.82, 2.24) is 15.3 Å². The lowest BCUT2D eigenvalue weighted by molar-refractivity contribution is 0.101. The van der Waals surface area contributed by atoms with Gasteiger partial charge in [0.05, 0.1) is 11.0 Å². The Morgan fingerprint density at radius 3 is 2.54 bits per heavy atom. The molecule has 0 aliphatic carbocycles. The number of para-hydroxylation sites is 2. The number of Topliss-reactive ketones (excluding diaryl/α,β-unsaturated/α-hetero) is 1. The minimum absolute atomic E-state index is 0.00293. The van der Waals surface area contributed by atoms with E-state index in [4.69, 9.17) is 0 Å². The lowest BCUT2D eigenvalue weighted by atomic mass is 10.1. The molecular formula is C18H18N4O2. The van der Waals surface area contributed by atoms with Crippen LogP contribution in [0.4, 0.5) is 10.5 Å². The van der Waals surface area contributed by atoms with Crippen LogP contribution in [0.1, 0.15) is 23.1 Å². The summed E-state index contributed by atoms with van der Waals surface area (Å²) < 4.78 is 0. The van der Waals surface area contributed by atoms with E-state index in [2.05, 4.69) is 20.6 Å². The molecular weight excluding hydrogens is 304 g/mol. The maximum absolute atomic E-state index is 11.9. The summed E-state index contributed by atoms with van der Waals surface area (Å²) in [6.07, 6.45) is 0.616. The molecule has 0 bridgehead atoms. The van der Waals surface area contributed by atoms with Crippen LogP contribution in [0.15, 0.2) is 48.5 Å². The van der Waals surface area contributed by atoms with E-state index in [9.17, 15) is 9.59 Å². The monoisotopic (exact) mass is 322 g/mol. The molecule has 2 aromatic carbocycles. The first-order valence-electron chi connectivity index (χ1n) is 7.71. The Morgan fingerprint density at radius 1 is 1.08 bits per heavy atom. The van der Waals surface area contributed by atoms with Crippen molar-refractivity contribution in [1.29, 1.82) is 0 Å². The molecule has 1 heterocycles. The molecule has 0 fully saturated rings. The van der Waals surface area contributed by atoms with Crippen molar-refractivity contribution < 1.29 is 9.59 Å². The standard InChI is InChI=1S/C18H18N4O2/c1-12(23)13-6-8-14(9-7-13)20-18(24)19-11-10-17-21-15-4-2-3-5-16(15)22-17/h2-9H,10-11H2,1H3,(H,21,22)(H2,19,20,24). The minimum Gasteiger partial charge on any atom is -0.342 e. The van der Waals surface area contributed by atoms with Crippen molar-refractivity contribution in [3.8, 4) is 0 Å². The SMILES string of the molecule is CC(=O)c1ccc(NC(=O)NCCc2nc3ccccc3[nH]2)cc1. The second kappa shape index (κ2) is 6.95. The summed E-state index contributed by atoms with van der Waals surface area (Å²) in [5.41, 5.74) is 3.16. The van der Waals surface area contributed by atoms with Crippen molar-refractivity contribution >= 4 is 28.5 Å². The molecule has 0 atom stereocenters. The zero-order valence-corrected chi connectivity index (χ0v) is 13.3. The quantitative estimate of drug-likeness (QED) is 0.631. The first-order chi connectivity index (χ1) is 11.6. The molecule has 0 saturated heterocycles. The number of aromatic nitrogens is 2. The first-order valence-corrected chi connectivity index (χ1v) is 7.71. The molecule has 6 nitrogen and oxygen atoms in total. The summed E-state index contributed by atoms with van der Waals surface area (Å²) in [6.45, 7) is 1.98. The van der Waals surface area contributed by atoms with E-state index >= 15 is 0 Å². The van der Waals surface area contributed by atoms with Crippen LogP contribution < -0.4 is 10.6 Å². The van der Waals surface area contributed by atoms with Gasteiger partial charge < -0.3 is 15.6 Å². The van der Waals surface area contributed by atoms with Gasteiger partial charge in [-0.1, -0.05) is 12.1 Å². The highest BCUT2D eigenvalue weighted by molar-refractivity contribution is 5.95. The van der Waals surface area contributed by atoms with Gasteiger partial charge in [0, 0.05) is 24.2 Å². The Bertz CT molecular complexity index is 835. The number of rotatable bonds is 5. The van der Waals surface area contributed by atoms with E-state index < -0.39 is 0 Å². The van der Waals surface area contributed by atoms with Gasteiger partial charge in [-0.05, 0) is 43.3 Å². The summed E-state index contributed by atoms with van der Waals surface area (Å²) in [7, 11) is 0. The van der Waals surface area contributed by atoms with Crippen LogP contribution in [0.2, 0.25) is 0 Å². The van der Waals surface area contributed by atoms with Gasteiger partial charge in [0.2, 0.25) is 0 Å². The Kier molecular flexibility index (Phi) is 4.56. The number of amides is 2. The third kappa shape index (κ3) is 3.78. The number of nitrogens with one attached hydrogen (secondary N) is 3. The lowest BCUT2D eigenvalue weighted by Gasteiger charge is -2.07. The molecule has 0 saturated carbocycles. The van der Waals surface area contributed by atoms with Crippen LogP contribution in [0.3, 0.4) is 0 Å². The zero-order chi connectivity index (χ0) is 16.9. The average Bonchev–Trinajstić information content (AvgIpc) is 2.98. The lowest BCUT2D eigenvalue weighted by Crippen LogP contribution is -2.30. The number of fused-ring (bicyclic) bond motifs is 1. The molecule has 1 aromatic heterocycles. The smallest absolute Gasteiger partial charge is 0.319 e. The van der Waals surface area contributed by atoms with E-state index in [-0.39, 0.29) is 11.8 Å². The summed E-state index contributed by atoms with van der Waals surface area (Å²) in [6, 6.07) is 14.3. The molecule has 3 N–H and O–H groups in total. The highest BCUT2D eigenvalue weighted by Crippen LogP contribution is 2.11. The van der Waals surface area contributed by atoms with E-state index in [0.29, 0.717) is 24.2 Å². The van der Waals surface area contributed by atoms with Gasteiger partial charge in [0.1, 0.15) is 5.82 Å². The summed E-state index contributed by atoms with van der Waals surface area (Å²) in [4.78, 5) is 30.8. The van der Waals surface area contributed by atoms with Crippen LogP contribution in [0, 0.1) is 0 Å². The van der Waals surface area contributed by atoms with Gasteiger partial charge >= 0.3 is 6.03 Å². The number of anilines is 1. The van der Waals surface area contributed by atoms with Gasteiger partial charge in [0.15, 0.2) is 5.78 Å². The van der Waals surface area contributed by atoms with E-state index in [1.165, 1.54) is 6.92 Å². The van der Waals surface area contributed by atoms with Crippen LogP contribution in [0.5, 0.6) is 0 Å². The molecule has 0 aliphatic rings. The Morgan fingerprint density at radius 2 is 1.83 bits per heavy atom. The molecule has 3 rings (SSSR count). The number of benzene rings is 2. The fourth-order valence-electron chi connectivity index (χ4n) is 2.38. The predicted molar refractivity (Wildman–Crippen MR) is 93.3 cm³/mol. The number of hydrogen-bond donors (Lipinski definition) is 3. The Labute approximate surface area is 139 Å². The van der Waals surface area contributed by atoms with Crippen molar-refractivity contribution in [2.24, 2.45) is 0 Å². The molecule has 2 amide bonds. The normalized spacial score (nSPS) is 10.5. The third-order valence-electron chi connectivity index (χ3n) is 3.64. The molecule has 0 radical (unpaired) electrons. The predicted octanol–water partition coefficient (Wildman–Crippen LogP) is 3.13. The largest absolute Gasteiger partial charge is 0.342 e. The molecule has 0 unspecified atom stereocenters. The summed E-state index contributed by atoms with van der Waals surface area (Å²) in [5.74, 6) is 0.833. The second-order valence-electron chi connectivity index (χ2n) is 5.47. The topological polar surface area (TPSA) is 86.9 Å². The minimum atomic E-state index is -0.290. The maximum Gasteiger partial charge on any atom is 0.319 e. The molecule has 3 aromatic rings. The van der Waals surface area contributed by atoms with Gasteiger partial charge in [0.25, 0.3) is 0 Å². The van der Waals surface area contributed by atoms with Crippen LogP contribution in [-0.2, 0) is 6.42 Å². The van der Waals surface area contributed by atoms with E-state index in [1.54, 1.807) is 24.3 Å². The molecule has 0 aliphatic heterocycles. The maximum atomic E-state index is 11.9. The molecule has 6 heteroatoms. The van der Waals surface area contributed by atoms with Crippen molar-refractivity contribution in [2.75, 3.05) is 11.9 Å². The van der Waals surface area contributed by atoms with Crippen LogP contribution >= 0.6 is 0 Å². The number of carbonyl (C=O) groups is 2. The number of urea groups is 1. The average molecular weight is 322 g/mol. The highest BCUT2D eigenvalue weighted by Gasteiger charge is 2.05. The highest BCUT2D eigenvalue weighted by atomic mass is 16.2. The number of imidazole rings is 1. The Hall–Kier alpha value is -3.15. The number of carbonyl (C=O) groups excluding carboxylic acids is 2. The van der Waals surface area contributed by atoms with Gasteiger partial charge in [-0.25, -0.2) is 9.78 Å². The fourth-order valence-corrected chi connectivity index (χ4v) is 2.38. The first kappa shape index (κ1) is 15.7. The Balaban J connectivity index is 1.49. The van der Waals surface area contributed by atoms with E-state index in [0.717, 1.165) is 16.9 Å². The summed E-state index contributed by atoms with van der Waals surface area (Å²) >= 11 is 0. The number of ketones is 1. The van der Waals surface area contributed by atoms with E-state index in [1.807, 2.05) is 24.3 Å². The number of nitrogens with zero attached hydrogens (tertiary/aromatic N) is 1. The van der Waals surface area contributed by atoms with Gasteiger partial charge in [-0.2, -0.15) is 0 Å². The van der Waals surface area contributed by atoms with Crippen LogP contribution in [0.25, 0.3) is 11.0 Å². The third-order valence-corrected chi connectivity index (χ3v) is 3.64. The number of aromatic amines is 1. The molecule has 122 valence electrons. The van der Waals surface area contributed by atoms with Crippen molar-refractivity contribution in [3.63, 3.8) is 0 Å². The second-order valence-corrected chi connectivity index (χ2v) is 5.47. The van der Waals surface area contributed by atoms with Crippen molar-refractivity contribution in [3.05, 3.63) is 59.9 Å². The number of hydrogen-bond acceptors (Lipinski definition) is 3. The number of H-pyrrole nitrogens is 1. The van der Waals surface area contributed by atoms with Gasteiger partial charge in [-0.3, -0.25) is 4.79 Å². The zero-order valence-electron chi connectivity index (χ0n) is 13.3. The van der Waals surface area contributed by atoms with Gasteiger partial charge in [-0.15, -0.1) is 0 Å². The molecule has 0 spiro atoms. The fraction of sp³-hybridized carbons (Fsp3) is 0.167.